The van der Waals surface area contributed by atoms with Gasteiger partial charge in [0.25, 0.3) is 0 Å². The lowest BCUT2D eigenvalue weighted by molar-refractivity contribution is 0.177. The Hall–Kier alpha value is -1.72. The molecule has 1 aromatic carbocycles. The highest BCUT2D eigenvalue weighted by Crippen LogP contribution is 2.14. The molecule has 2 heterocycles. The third kappa shape index (κ3) is 6.65. The Labute approximate surface area is 189 Å². The number of nitrogens with one attached hydrogen (secondary N) is 2. The molecule has 0 saturated heterocycles. The van der Waals surface area contributed by atoms with Crippen molar-refractivity contribution in [3.05, 3.63) is 47.0 Å². The number of aryl methyl sites for hydroxylation is 1. The molecule has 1 atom stereocenters. The van der Waals surface area contributed by atoms with Gasteiger partial charge in [-0.1, -0.05) is 24.3 Å². The van der Waals surface area contributed by atoms with Crippen LogP contribution in [0.4, 0.5) is 0 Å². The van der Waals surface area contributed by atoms with Crippen molar-refractivity contribution in [1.29, 1.82) is 0 Å². The smallest absolute Gasteiger partial charge is 0.191 e. The number of aliphatic imine (C=N–C) groups is 1. The maximum atomic E-state index is 5.29. The van der Waals surface area contributed by atoms with E-state index in [0.717, 1.165) is 43.5 Å². The zero-order valence-corrected chi connectivity index (χ0v) is 19.7. The molecule has 2 N–H and O–H groups in total. The average Bonchev–Trinajstić information content (AvgIpc) is 3.09. The van der Waals surface area contributed by atoms with Crippen molar-refractivity contribution in [2.24, 2.45) is 4.99 Å². The predicted octanol–water partition coefficient (Wildman–Crippen LogP) is 2.26. The molecule has 1 unspecified atom stereocenters. The Morgan fingerprint density at radius 2 is 1.97 bits per heavy atom. The van der Waals surface area contributed by atoms with Crippen LogP contribution in [0.25, 0.3) is 0 Å². The lowest BCUT2D eigenvalue weighted by Crippen LogP contribution is -2.47. The van der Waals surface area contributed by atoms with E-state index >= 15 is 0 Å². The fraction of sp³-hybridized carbons (Fsp3) is 0.550. The van der Waals surface area contributed by atoms with Crippen molar-refractivity contribution in [2.45, 2.75) is 52.1 Å². The fourth-order valence-electron chi connectivity index (χ4n) is 3.35. The second kappa shape index (κ2) is 12.1. The van der Waals surface area contributed by atoms with E-state index in [4.69, 9.17) is 14.5 Å². The van der Waals surface area contributed by atoms with Crippen LogP contribution in [0.1, 0.15) is 36.1 Å². The first-order valence-corrected chi connectivity index (χ1v) is 9.75. The van der Waals surface area contributed by atoms with Crippen LogP contribution in [-0.4, -0.2) is 47.5 Å². The number of halogens is 1. The van der Waals surface area contributed by atoms with Crippen molar-refractivity contribution in [3.63, 3.8) is 0 Å². The van der Waals surface area contributed by atoms with Crippen molar-refractivity contribution < 1.29 is 9.47 Å². The normalized spacial score (nSPS) is 16.1. The summed E-state index contributed by atoms with van der Waals surface area (Å²) in [6.45, 7) is 5.31. The Morgan fingerprint density at radius 3 is 2.69 bits per heavy atom. The third-order valence-corrected chi connectivity index (χ3v) is 4.69. The first-order valence-electron chi connectivity index (χ1n) is 9.75. The van der Waals surface area contributed by atoms with Crippen LogP contribution in [0, 0.1) is 0 Å². The van der Waals surface area contributed by atoms with Crippen LogP contribution in [0.5, 0.6) is 0 Å². The van der Waals surface area contributed by atoms with Gasteiger partial charge in [0.15, 0.2) is 11.8 Å². The molecule has 0 bridgehead atoms. The minimum atomic E-state index is 0. The quantitative estimate of drug-likeness (QED) is 0.320. The van der Waals surface area contributed by atoms with E-state index in [1.165, 1.54) is 11.1 Å². The highest BCUT2D eigenvalue weighted by molar-refractivity contribution is 14.0. The van der Waals surface area contributed by atoms with Crippen molar-refractivity contribution in [1.82, 2.24) is 25.4 Å². The number of benzene rings is 1. The molecule has 160 valence electrons. The maximum Gasteiger partial charge on any atom is 0.191 e. The van der Waals surface area contributed by atoms with Gasteiger partial charge in [0.2, 0.25) is 0 Å². The number of ether oxygens (including phenoxy) is 2. The molecule has 3 rings (SSSR count). The molecule has 1 aromatic heterocycles. The van der Waals surface area contributed by atoms with E-state index in [0.29, 0.717) is 19.8 Å². The Balaban J connectivity index is 0.00000300. The highest BCUT2D eigenvalue weighted by Gasteiger charge is 2.22. The second-order valence-electron chi connectivity index (χ2n) is 6.84. The summed E-state index contributed by atoms with van der Waals surface area (Å²) in [4.78, 5) is 9.32. The van der Waals surface area contributed by atoms with Crippen LogP contribution in [-0.2, 0) is 42.2 Å². The lowest BCUT2D eigenvalue weighted by atomic mass is 10.1. The first kappa shape index (κ1) is 23.6. The molecule has 29 heavy (non-hydrogen) atoms. The highest BCUT2D eigenvalue weighted by atomic mass is 127. The van der Waals surface area contributed by atoms with E-state index < -0.39 is 0 Å². The molecule has 0 spiro atoms. The lowest BCUT2D eigenvalue weighted by Gasteiger charge is -2.25. The number of hydrogen-bond donors (Lipinski definition) is 2. The van der Waals surface area contributed by atoms with E-state index in [1.54, 1.807) is 14.2 Å². The maximum absolute atomic E-state index is 5.29. The molecule has 0 fully saturated rings. The van der Waals surface area contributed by atoms with Gasteiger partial charge < -0.3 is 20.1 Å². The van der Waals surface area contributed by atoms with E-state index in [-0.39, 0.29) is 30.0 Å². The fourth-order valence-corrected chi connectivity index (χ4v) is 3.35. The molecule has 8 nitrogen and oxygen atoms in total. The van der Waals surface area contributed by atoms with Gasteiger partial charge in [-0.25, -0.2) is 14.7 Å². The molecule has 0 saturated carbocycles. The van der Waals surface area contributed by atoms with E-state index in [2.05, 4.69) is 39.8 Å². The summed E-state index contributed by atoms with van der Waals surface area (Å²) in [6.07, 6.45) is 1.89. The van der Waals surface area contributed by atoms with Crippen LogP contribution in [0.3, 0.4) is 0 Å². The molecule has 1 aliphatic rings. The Morgan fingerprint density at radius 1 is 1.21 bits per heavy atom. The summed E-state index contributed by atoms with van der Waals surface area (Å²) in [5, 5.41) is 11.4. The van der Waals surface area contributed by atoms with Crippen molar-refractivity contribution in [2.75, 3.05) is 20.8 Å². The van der Waals surface area contributed by atoms with Crippen molar-refractivity contribution in [3.8, 4) is 0 Å². The largest absolute Gasteiger partial charge is 0.380 e. The van der Waals surface area contributed by atoms with E-state index in [9.17, 15) is 0 Å². The predicted molar refractivity (Wildman–Crippen MR) is 123 cm³/mol. The van der Waals surface area contributed by atoms with Gasteiger partial charge in [0, 0.05) is 33.2 Å². The molecule has 0 aliphatic carbocycles. The van der Waals surface area contributed by atoms with Gasteiger partial charge in [-0.3, -0.25) is 0 Å². The van der Waals surface area contributed by atoms with Gasteiger partial charge in [0.1, 0.15) is 12.4 Å². The molecule has 9 heteroatoms. The SMILES string of the molecule is CCNC(=NCc1ccccc1COC)NC1CCc2nc(COC)nn2C1.I. The average molecular weight is 514 g/mol. The summed E-state index contributed by atoms with van der Waals surface area (Å²) < 4.78 is 12.4. The summed E-state index contributed by atoms with van der Waals surface area (Å²) in [7, 11) is 3.37. The molecule has 0 amide bonds. The number of methoxy groups -OCH3 is 2. The van der Waals surface area contributed by atoms with Gasteiger partial charge in [-0.2, -0.15) is 5.10 Å². The summed E-state index contributed by atoms with van der Waals surface area (Å²) in [6, 6.07) is 8.51. The summed E-state index contributed by atoms with van der Waals surface area (Å²) in [5.41, 5.74) is 2.34. The minimum absolute atomic E-state index is 0. The number of nitrogens with zero attached hydrogens (tertiary/aromatic N) is 4. The molecule has 0 radical (unpaired) electrons. The molecule has 1 aliphatic heterocycles. The summed E-state index contributed by atoms with van der Waals surface area (Å²) >= 11 is 0. The minimum Gasteiger partial charge on any atom is -0.380 e. The van der Waals surface area contributed by atoms with Gasteiger partial charge >= 0.3 is 0 Å². The number of guanidine groups is 1. The van der Waals surface area contributed by atoms with Gasteiger partial charge in [-0.05, 0) is 24.5 Å². The molecule has 2 aromatic rings. The number of fused-ring (bicyclic) bond motifs is 1. The molecular weight excluding hydrogens is 483 g/mol. The number of aromatic nitrogens is 3. The Bertz CT molecular complexity index is 795. The Kier molecular flexibility index (Phi) is 9.82. The number of rotatable bonds is 8. The van der Waals surface area contributed by atoms with Crippen molar-refractivity contribution >= 4 is 29.9 Å². The van der Waals surface area contributed by atoms with E-state index in [1.807, 2.05) is 16.8 Å². The first-order chi connectivity index (χ1) is 13.7. The van der Waals surface area contributed by atoms with Crippen LogP contribution in [0.2, 0.25) is 0 Å². The van der Waals surface area contributed by atoms with Crippen LogP contribution in [0.15, 0.2) is 29.3 Å². The second-order valence-corrected chi connectivity index (χ2v) is 6.84. The third-order valence-electron chi connectivity index (χ3n) is 4.69. The van der Waals surface area contributed by atoms with Gasteiger partial charge in [0.05, 0.1) is 19.7 Å². The standard InChI is InChI=1S/C20H30N6O2.HI/c1-4-21-20(22-11-15-7-5-6-8-16(15)13-27-2)23-17-9-10-19-24-18(14-28-3)25-26(19)12-17;/h5-8,17H,4,9-14H2,1-3H3,(H2,21,22,23);1H. The number of hydrogen-bond acceptors (Lipinski definition) is 5. The summed E-state index contributed by atoms with van der Waals surface area (Å²) in [5.74, 6) is 2.59. The monoisotopic (exact) mass is 514 g/mol. The van der Waals surface area contributed by atoms with Crippen LogP contribution >= 0.6 is 24.0 Å². The zero-order valence-electron chi connectivity index (χ0n) is 17.4. The zero-order chi connectivity index (χ0) is 19.8. The topological polar surface area (TPSA) is 85.6 Å². The van der Waals surface area contributed by atoms with Gasteiger partial charge in [-0.15, -0.1) is 24.0 Å². The molecular formula is C20H31IN6O2. The van der Waals surface area contributed by atoms with Crippen LogP contribution < -0.4 is 10.6 Å².